The van der Waals surface area contributed by atoms with Gasteiger partial charge >= 0.3 is 0 Å². The Kier molecular flexibility index (Phi) is 7.44. The van der Waals surface area contributed by atoms with Crippen LogP contribution in [-0.4, -0.2) is 19.8 Å². The summed E-state index contributed by atoms with van der Waals surface area (Å²) in [4.78, 5) is 0. The predicted molar refractivity (Wildman–Crippen MR) is 113 cm³/mol. The maximum atomic E-state index is 5.94. The van der Waals surface area contributed by atoms with E-state index < -0.39 is 0 Å². The van der Waals surface area contributed by atoms with Crippen LogP contribution in [0.3, 0.4) is 0 Å². The smallest absolute Gasteiger partial charge is 0.125 e. The molecular weight excluding hydrogens is 334 g/mol. The van der Waals surface area contributed by atoms with Gasteiger partial charge in [0.2, 0.25) is 0 Å². The van der Waals surface area contributed by atoms with Crippen LogP contribution in [0.5, 0.6) is 11.5 Å². The number of nitrogens with one attached hydrogen (secondary N) is 1. The highest BCUT2D eigenvalue weighted by Gasteiger charge is 2.13. The Hall–Kier alpha value is -2.16. The molecular formula is C24H33NO2. The highest BCUT2D eigenvalue weighted by Crippen LogP contribution is 2.26. The fourth-order valence-corrected chi connectivity index (χ4v) is 3.86. The summed E-state index contributed by atoms with van der Waals surface area (Å²) in [5.74, 6) is 2.83. The number of hydrogen-bond donors (Lipinski definition) is 1. The van der Waals surface area contributed by atoms with Crippen molar-refractivity contribution in [2.75, 3.05) is 25.1 Å². The lowest BCUT2D eigenvalue weighted by molar-refractivity contribution is 0.246. The molecule has 1 fully saturated rings. The molecule has 0 atom stereocenters. The van der Waals surface area contributed by atoms with Crippen molar-refractivity contribution in [3.05, 3.63) is 53.6 Å². The standard InChI is InChI=1S/C24H33NO2/c1-19-7-6-8-20(2)24(19)27-18-16-25-22-11-13-23(14-12-22)26-17-15-21-9-4-3-5-10-21/h6-8,11-14,21,25H,3-5,9-10,15-18H2,1-2H3. The summed E-state index contributed by atoms with van der Waals surface area (Å²) < 4.78 is 11.9. The Morgan fingerprint density at radius 3 is 2.26 bits per heavy atom. The lowest BCUT2D eigenvalue weighted by atomic mass is 9.87. The Balaban J connectivity index is 1.35. The fourth-order valence-electron chi connectivity index (χ4n) is 3.86. The van der Waals surface area contributed by atoms with E-state index in [2.05, 4.69) is 61.6 Å². The summed E-state index contributed by atoms with van der Waals surface area (Å²) in [6.45, 7) is 6.42. The second kappa shape index (κ2) is 10.2. The number of rotatable bonds is 9. The monoisotopic (exact) mass is 367 g/mol. The van der Waals surface area contributed by atoms with Gasteiger partial charge in [-0.05, 0) is 61.6 Å². The van der Waals surface area contributed by atoms with E-state index in [-0.39, 0.29) is 0 Å². The van der Waals surface area contributed by atoms with E-state index in [1.165, 1.54) is 49.7 Å². The molecule has 0 aromatic heterocycles. The van der Waals surface area contributed by atoms with Gasteiger partial charge in [-0.25, -0.2) is 0 Å². The first-order valence-corrected chi connectivity index (χ1v) is 10.4. The molecule has 146 valence electrons. The Morgan fingerprint density at radius 1 is 0.852 bits per heavy atom. The number of ether oxygens (including phenoxy) is 2. The van der Waals surface area contributed by atoms with Crippen LogP contribution in [0.2, 0.25) is 0 Å². The van der Waals surface area contributed by atoms with Gasteiger partial charge in [0, 0.05) is 12.2 Å². The first kappa shape index (κ1) is 19.6. The van der Waals surface area contributed by atoms with Gasteiger partial charge in [-0.15, -0.1) is 0 Å². The molecule has 0 unspecified atom stereocenters. The van der Waals surface area contributed by atoms with E-state index in [0.29, 0.717) is 6.61 Å². The van der Waals surface area contributed by atoms with Crippen LogP contribution in [0.1, 0.15) is 49.7 Å². The molecule has 1 aliphatic carbocycles. The first-order chi connectivity index (χ1) is 13.2. The van der Waals surface area contributed by atoms with E-state index in [0.717, 1.165) is 36.3 Å². The Labute approximate surface area is 164 Å². The molecule has 1 N–H and O–H groups in total. The van der Waals surface area contributed by atoms with Crippen LogP contribution in [0.4, 0.5) is 5.69 Å². The zero-order chi connectivity index (χ0) is 18.9. The maximum absolute atomic E-state index is 5.94. The maximum Gasteiger partial charge on any atom is 0.125 e. The lowest BCUT2D eigenvalue weighted by Gasteiger charge is -2.21. The third kappa shape index (κ3) is 6.20. The van der Waals surface area contributed by atoms with Crippen molar-refractivity contribution < 1.29 is 9.47 Å². The van der Waals surface area contributed by atoms with Gasteiger partial charge in [0.25, 0.3) is 0 Å². The molecule has 27 heavy (non-hydrogen) atoms. The van der Waals surface area contributed by atoms with Crippen molar-refractivity contribution in [1.29, 1.82) is 0 Å². The number of aryl methyl sites for hydroxylation is 2. The topological polar surface area (TPSA) is 30.5 Å². The molecule has 1 saturated carbocycles. The Bertz CT molecular complexity index is 670. The van der Waals surface area contributed by atoms with Crippen LogP contribution >= 0.6 is 0 Å². The summed E-state index contributed by atoms with van der Waals surface area (Å²) in [6.07, 6.45) is 8.18. The van der Waals surface area contributed by atoms with Crippen molar-refractivity contribution >= 4 is 5.69 Å². The highest BCUT2D eigenvalue weighted by atomic mass is 16.5. The minimum atomic E-state index is 0.644. The van der Waals surface area contributed by atoms with E-state index in [1.54, 1.807) is 0 Å². The second-order valence-corrected chi connectivity index (χ2v) is 7.66. The molecule has 0 heterocycles. The van der Waals surface area contributed by atoms with Gasteiger partial charge in [-0.2, -0.15) is 0 Å². The Morgan fingerprint density at radius 2 is 1.56 bits per heavy atom. The molecule has 2 aromatic rings. The second-order valence-electron chi connectivity index (χ2n) is 7.66. The fraction of sp³-hybridized carbons (Fsp3) is 0.500. The number of para-hydroxylation sites is 1. The van der Waals surface area contributed by atoms with Gasteiger partial charge in [-0.3, -0.25) is 0 Å². The minimum Gasteiger partial charge on any atom is -0.494 e. The summed E-state index contributed by atoms with van der Waals surface area (Å²) in [6, 6.07) is 14.5. The third-order valence-electron chi connectivity index (χ3n) is 5.46. The molecule has 3 heteroatoms. The number of benzene rings is 2. The molecule has 0 aliphatic heterocycles. The van der Waals surface area contributed by atoms with Crippen LogP contribution in [0.25, 0.3) is 0 Å². The average Bonchev–Trinajstić information content (AvgIpc) is 2.69. The SMILES string of the molecule is Cc1cccc(C)c1OCCNc1ccc(OCCC2CCCCC2)cc1. The molecule has 3 rings (SSSR count). The van der Waals surface area contributed by atoms with E-state index >= 15 is 0 Å². The number of anilines is 1. The van der Waals surface area contributed by atoms with E-state index in [1.807, 2.05) is 0 Å². The van der Waals surface area contributed by atoms with Gasteiger partial charge < -0.3 is 14.8 Å². The largest absolute Gasteiger partial charge is 0.494 e. The zero-order valence-corrected chi connectivity index (χ0v) is 16.8. The van der Waals surface area contributed by atoms with Crippen molar-refractivity contribution in [3.8, 4) is 11.5 Å². The predicted octanol–water partition coefficient (Wildman–Crippen LogP) is 6.14. The summed E-state index contributed by atoms with van der Waals surface area (Å²) in [5.41, 5.74) is 3.47. The third-order valence-corrected chi connectivity index (χ3v) is 5.46. The quantitative estimate of drug-likeness (QED) is 0.540. The molecule has 0 spiro atoms. The summed E-state index contributed by atoms with van der Waals surface area (Å²) in [7, 11) is 0. The van der Waals surface area contributed by atoms with Gasteiger partial charge in [0.05, 0.1) is 6.61 Å². The van der Waals surface area contributed by atoms with Crippen molar-refractivity contribution in [3.63, 3.8) is 0 Å². The number of hydrogen-bond acceptors (Lipinski definition) is 3. The van der Waals surface area contributed by atoms with Crippen LogP contribution in [0.15, 0.2) is 42.5 Å². The minimum absolute atomic E-state index is 0.644. The average molecular weight is 368 g/mol. The van der Waals surface area contributed by atoms with Crippen LogP contribution < -0.4 is 14.8 Å². The molecule has 0 amide bonds. The molecule has 3 nitrogen and oxygen atoms in total. The first-order valence-electron chi connectivity index (χ1n) is 10.4. The molecule has 0 radical (unpaired) electrons. The molecule has 0 bridgehead atoms. The zero-order valence-electron chi connectivity index (χ0n) is 16.8. The molecule has 2 aromatic carbocycles. The summed E-state index contributed by atoms with van der Waals surface area (Å²) >= 11 is 0. The molecule has 1 aliphatic rings. The van der Waals surface area contributed by atoms with E-state index in [9.17, 15) is 0 Å². The van der Waals surface area contributed by atoms with Gasteiger partial charge in [-0.1, -0.05) is 50.3 Å². The highest BCUT2D eigenvalue weighted by molar-refractivity contribution is 5.46. The van der Waals surface area contributed by atoms with Crippen molar-refractivity contribution in [2.24, 2.45) is 5.92 Å². The lowest BCUT2D eigenvalue weighted by Crippen LogP contribution is -2.12. The van der Waals surface area contributed by atoms with Gasteiger partial charge in [0.15, 0.2) is 0 Å². The van der Waals surface area contributed by atoms with E-state index in [4.69, 9.17) is 9.47 Å². The summed E-state index contributed by atoms with van der Waals surface area (Å²) in [5, 5.41) is 3.41. The van der Waals surface area contributed by atoms with Crippen LogP contribution in [-0.2, 0) is 0 Å². The van der Waals surface area contributed by atoms with Gasteiger partial charge in [0.1, 0.15) is 18.1 Å². The normalized spacial score (nSPS) is 14.7. The van der Waals surface area contributed by atoms with Crippen molar-refractivity contribution in [2.45, 2.75) is 52.4 Å². The molecule has 0 saturated heterocycles. The van der Waals surface area contributed by atoms with Crippen molar-refractivity contribution in [1.82, 2.24) is 0 Å². The van der Waals surface area contributed by atoms with Crippen LogP contribution in [0, 0.1) is 19.8 Å².